The number of sulfone groups is 2. The first-order valence-corrected chi connectivity index (χ1v) is 9.07. The summed E-state index contributed by atoms with van der Waals surface area (Å²) in [6.45, 7) is 5.84. The van der Waals surface area contributed by atoms with E-state index in [4.69, 9.17) is 0 Å². The van der Waals surface area contributed by atoms with Crippen molar-refractivity contribution in [3.63, 3.8) is 0 Å². The van der Waals surface area contributed by atoms with Crippen LogP contribution in [0.1, 0.15) is 20.8 Å². The molecule has 2 unspecified atom stereocenters. The molecule has 2 atom stereocenters. The molecule has 1 fully saturated rings. The molecule has 0 aromatic rings. The quantitative estimate of drug-likeness (QED) is 0.739. The highest BCUT2D eigenvalue weighted by atomic mass is 32.3. The third-order valence-electron chi connectivity index (χ3n) is 1.98. The van der Waals surface area contributed by atoms with Gasteiger partial charge >= 0.3 is 0 Å². The first kappa shape index (κ1) is 13.3. The van der Waals surface area contributed by atoms with Crippen LogP contribution in [0.25, 0.3) is 0 Å². The third kappa shape index (κ3) is 3.10. The molecule has 7 heteroatoms. The molecule has 0 N–H and O–H groups in total. The summed E-state index contributed by atoms with van der Waals surface area (Å²) in [5.74, 6) is -0.0212. The summed E-state index contributed by atoms with van der Waals surface area (Å²) in [7, 11) is -6.91. The van der Waals surface area contributed by atoms with E-state index in [0.29, 0.717) is 0 Å². The van der Waals surface area contributed by atoms with Crippen molar-refractivity contribution in [2.45, 2.75) is 35.4 Å². The maximum Gasteiger partial charge on any atom is 0.175 e. The maximum absolute atomic E-state index is 11.4. The summed E-state index contributed by atoms with van der Waals surface area (Å²) < 4.78 is 44.1. The van der Waals surface area contributed by atoms with Crippen LogP contribution in [0, 0.1) is 0 Å². The van der Waals surface area contributed by atoms with Crippen LogP contribution in [0.4, 0.5) is 0 Å². The highest BCUT2D eigenvalue weighted by Gasteiger charge is 2.53. The van der Waals surface area contributed by atoms with Gasteiger partial charge in [0.15, 0.2) is 24.3 Å². The summed E-state index contributed by atoms with van der Waals surface area (Å²) in [4.78, 5) is 0. The fraction of sp³-hybridized carbons (Fsp3) is 1.00. The lowest BCUT2D eigenvalue weighted by atomic mass is 10.3. The van der Waals surface area contributed by atoms with Gasteiger partial charge in [-0.15, -0.1) is 11.8 Å². The van der Waals surface area contributed by atoms with Gasteiger partial charge < -0.3 is 0 Å². The van der Waals surface area contributed by atoms with Gasteiger partial charge in [0.25, 0.3) is 0 Å². The Hall–Kier alpha value is 0.250. The molecule has 0 aliphatic carbocycles. The predicted molar refractivity (Wildman–Crippen MR) is 63.6 cm³/mol. The molecule has 0 aromatic carbocycles. The molecule has 0 spiro atoms. The van der Waals surface area contributed by atoms with Crippen molar-refractivity contribution >= 4 is 31.4 Å². The molecule has 0 aromatic heterocycles. The number of hydrogen-bond acceptors (Lipinski definition) is 5. The molecule has 15 heavy (non-hydrogen) atoms. The van der Waals surface area contributed by atoms with Gasteiger partial charge in [-0.3, -0.25) is 0 Å². The molecular weight excluding hydrogens is 256 g/mol. The van der Waals surface area contributed by atoms with Crippen LogP contribution >= 0.6 is 11.8 Å². The normalized spacial score (nSPS) is 30.9. The molecule has 0 radical (unpaired) electrons. The molecule has 0 amide bonds. The summed E-state index contributed by atoms with van der Waals surface area (Å²) in [5, 5.41) is -0.315. The van der Waals surface area contributed by atoms with Gasteiger partial charge in [-0.1, -0.05) is 20.8 Å². The molecule has 4 nitrogen and oxygen atoms in total. The van der Waals surface area contributed by atoms with Gasteiger partial charge in [-0.2, -0.15) is 0 Å². The van der Waals surface area contributed by atoms with Crippen molar-refractivity contribution in [2.24, 2.45) is 0 Å². The minimum Gasteiger partial charge on any atom is -0.228 e. The Morgan fingerprint density at radius 2 is 1.73 bits per heavy atom. The maximum atomic E-state index is 11.4. The van der Waals surface area contributed by atoms with Crippen LogP contribution in [0.5, 0.6) is 0 Å². The van der Waals surface area contributed by atoms with Gasteiger partial charge in [0.05, 0.1) is 11.0 Å². The van der Waals surface area contributed by atoms with E-state index in [9.17, 15) is 16.8 Å². The van der Waals surface area contributed by atoms with Crippen LogP contribution in [-0.4, -0.2) is 43.4 Å². The number of rotatable bonds is 2. The molecule has 1 saturated heterocycles. The molecule has 1 rings (SSSR count). The number of thioether (sulfide) groups is 1. The Labute approximate surface area is 95.7 Å². The van der Waals surface area contributed by atoms with E-state index < -0.39 is 24.3 Å². The predicted octanol–water partition coefficient (Wildman–Crippen LogP) is 0.686. The van der Waals surface area contributed by atoms with Crippen molar-refractivity contribution in [3.05, 3.63) is 0 Å². The lowest BCUT2D eigenvalue weighted by molar-refractivity contribution is 0.559. The van der Waals surface area contributed by atoms with Crippen molar-refractivity contribution in [3.8, 4) is 0 Å². The van der Waals surface area contributed by atoms with Crippen LogP contribution < -0.4 is 0 Å². The highest BCUT2D eigenvalue weighted by molar-refractivity contribution is 8.14. The molecule has 1 aliphatic rings. The van der Waals surface area contributed by atoms with Crippen LogP contribution in [-0.2, 0) is 19.7 Å². The Kier molecular flexibility index (Phi) is 3.22. The van der Waals surface area contributed by atoms with E-state index in [0.717, 1.165) is 6.26 Å². The van der Waals surface area contributed by atoms with Crippen molar-refractivity contribution in [1.29, 1.82) is 0 Å². The summed E-state index contributed by atoms with van der Waals surface area (Å²) in [5.41, 5.74) is 0. The lowest BCUT2D eigenvalue weighted by Gasteiger charge is -2.37. The van der Waals surface area contributed by atoms with E-state index in [1.54, 1.807) is 0 Å². The average molecular weight is 272 g/mol. The molecule has 1 aliphatic heterocycles. The molecule has 90 valence electrons. The summed E-state index contributed by atoms with van der Waals surface area (Å²) in [6.07, 6.45) is 0.991. The van der Waals surface area contributed by atoms with E-state index in [-0.39, 0.29) is 15.7 Å². The molecule has 0 saturated carbocycles. The molecule has 0 bridgehead atoms. The Morgan fingerprint density at radius 1 is 1.27 bits per heavy atom. The van der Waals surface area contributed by atoms with Crippen LogP contribution in [0.15, 0.2) is 0 Å². The standard InChI is InChI=1S/C8H16O4S3/c1-8(2,3)13-6-5-15(11,12)7(6)14(4,9)10/h6-7H,5H2,1-4H3. The fourth-order valence-electron chi connectivity index (χ4n) is 1.60. The van der Waals surface area contributed by atoms with Crippen molar-refractivity contribution < 1.29 is 16.8 Å². The SMILES string of the molecule is CC(C)(C)SC1CS(=O)(=O)C1S(C)(=O)=O. The number of hydrogen-bond donors (Lipinski definition) is 0. The van der Waals surface area contributed by atoms with E-state index in [2.05, 4.69) is 0 Å². The minimum absolute atomic E-state index is 0.0212. The Bertz CT molecular complexity index is 419. The molecular formula is C8H16O4S3. The van der Waals surface area contributed by atoms with Crippen molar-refractivity contribution in [1.82, 2.24) is 0 Å². The zero-order valence-electron chi connectivity index (χ0n) is 9.22. The van der Waals surface area contributed by atoms with Gasteiger partial charge in [-0.05, 0) is 0 Å². The van der Waals surface area contributed by atoms with Gasteiger partial charge in [0.2, 0.25) is 0 Å². The lowest BCUT2D eigenvalue weighted by Crippen LogP contribution is -2.54. The van der Waals surface area contributed by atoms with Gasteiger partial charge in [0, 0.05) is 11.0 Å². The zero-order valence-corrected chi connectivity index (χ0v) is 11.7. The largest absolute Gasteiger partial charge is 0.228 e. The van der Waals surface area contributed by atoms with Gasteiger partial charge in [-0.25, -0.2) is 16.8 Å². The first-order chi connectivity index (χ1) is 6.43. The minimum atomic E-state index is -3.50. The van der Waals surface area contributed by atoms with Crippen LogP contribution in [0.3, 0.4) is 0 Å². The summed E-state index contributed by atoms with van der Waals surface area (Å²) >= 11 is 1.42. The summed E-state index contributed by atoms with van der Waals surface area (Å²) in [6, 6.07) is 0. The van der Waals surface area contributed by atoms with E-state index in [1.165, 1.54) is 11.8 Å². The van der Waals surface area contributed by atoms with Crippen LogP contribution in [0.2, 0.25) is 0 Å². The molecule has 1 heterocycles. The first-order valence-electron chi connectivity index (χ1n) is 4.52. The smallest absolute Gasteiger partial charge is 0.175 e. The second-order valence-corrected chi connectivity index (χ2v) is 11.5. The monoisotopic (exact) mass is 272 g/mol. The van der Waals surface area contributed by atoms with Crippen molar-refractivity contribution in [2.75, 3.05) is 12.0 Å². The highest BCUT2D eigenvalue weighted by Crippen LogP contribution is 2.41. The van der Waals surface area contributed by atoms with E-state index in [1.807, 2.05) is 20.8 Å². The fourth-order valence-corrected chi connectivity index (χ4v) is 9.08. The Balaban J connectivity index is 2.91. The second kappa shape index (κ2) is 3.63. The zero-order chi connectivity index (χ0) is 12.1. The van der Waals surface area contributed by atoms with E-state index >= 15 is 0 Å². The second-order valence-electron chi connectivity index (χ2n) is 4.80. The average Bonchev–Trinajstić information content (AvgIpc) is 1.73. The topological polar surface area (TPSA) is 68.3 Å². The Morgan fingerprint density at radius 3 is 2.00 bits per heavy atom. The van der Waals surface area contributed by atoms with Gasteiger partial charge in [0.1, 0.15) is 0 Å². The third-order valence-corrected chi connectivity index (χ3v) is 8.95.